The summed E-state index contributed by atoms with van der Waals surface area (Å²) in [5.74, 6) is 0. The summed E-state index contributed by atoms with van der Waals surface area (Å²) < 4.78 is 0. The highest BCUT2D eigenvalue weighted by Crippen LogP contribution is 2.09. The Bertz CT molecular complexity index is 182. The van der Waals surface area contributed by atoms with Crippen LogP contribution in [0.15, 0.2) is 11.6 Å². The van der Waals surface area contributed by atoms with Crippen molar-refractivity contribution in [3.8, 4) is 6.07 Å². The number of allylic oxidation sites excluding steroid dienone is 1. The minimum atomic E-state index is 0.854. The zero-order valence-electron chi connectivity index (χ0n) is 7.01. The number of nitrogens with zero attached hydrogens (tertiary/aromatic N) is 2. The Labute approximate surface area is 68.1 Å². The lowest BCUT2D eigenvalue weighted by Crippen LogP contribution is -2.21. The van der Waals surface area contributed by atoms with Gasteiger partial charge in [-0.3, -0.25) is 4.90 Å². The van der Waals surface area contributed by atoms with Gasteiger partial charge in [0.2, 0.25) is 0 Å². The van der Waals surface area contributed by atoms with Gasteiger partial charge in [0, 0.05) is 12.1 Å². The van der Waals surface area contributed by atoms with Crippen LogP contribution in [0.2, 0.25) is 0 Å². The van der Waals surface area contributed by atoms with Crippen LogP contribution < -0.4 is 0 Å². The van der Waals surface area contributed by atoms with E-state index < -0.39 is 0 Å². The van der Waals surface area contributed by atoms with Gasteiger partial charge in [0.25, 0.3) is 0 Å². The number of nitriles is 1. The standard InChI is InChI=1S/C9H14N2/c1-2-9(7-10)8-11-5-3-4-6-11/h2H,3-6,8H2,1H3/b9-2-. The molecule has 0 unspecified atom stereocenters. The fourth-order valence-corrected chi connectivity index (χ4v) is 1.37. The minimum absolute atomic E-state index is 0.854. The van der Waals surface area contributed by atoms with E-state index in [9.17, 15) is 0 Å². The summed E-state index contributed by atoms with van der Waals surface area (Å²) in [7, 11) is 0. The molecule has 1 heterocycles. The first-order chi connectivity index (χ1) is 5.36. The lowest BCUT2D eigenvalue weighted by atomic mass is 10.2. The van der Waals surface area contributed by atoms with Crippen LogP contribution in [0.5, 0.6) is 0 Å². The van der Waals surface area contributed by atoms with Crippen LogP contribution in [0, 0.1) is 11.3 Å². The Morgan fingerprint density at radius 3 is 2.64 bits per heavy atom. The Morgan fingerprint density at radius 2 is 2.18 bits per heavy atom. The maximum atomic E-state index is 8.64. The van der Waals surface area contributed by atoms with Crippen LogP contribution in [0.3, 0.4) is 0 Å². The van der Waals surface area contributed by atoms with Crippen LogP contribution >= 0.6 is 0 Å². The summed E-state index contributed by atoms with van der Waals surface area (Å²) in [5.41, 5.74) is 0.895. The molecule has 2 heteroatoms. The van der Waals surface area contributed by atoms with Crippen LogP contribution in [-0.2, 0) is 0 Å². The Kier molecular flexibility index (Phi) is 3.13. The van der Waals surface area contributed by atoms with Crippen molar-refractivity contribution in [2.75, 3.05) is 19.6 Å². The van der Waals surface area contributed by atoms with Gasteiger partial charge in [0.1, 0.15) is 0 Å². The van der Waals surface area contributed by atoms with Crippen molar-refractivity contribution < 1.29 is 0 Å². The maximum Gasteiger partial charge on any atom is 0.0957 e. The third-order valence-electron chi connectivity index (χ3n) is 2.08. The molecule has 1 aliphatic heterocycles. The average Bonchev–Trinajstić information content (AvgIpc) is 2.52. The molecule has 1 fully saturated rings. The first kappa shape index (κ1) is 8.29. The van der Waals surface area contributed by atoms with E-state index in [1.807, 2.05) is 13.0 Å². The fraction of sp³-hybridized carbons (Fsp3) is 0.667. The third kappa shape index (κ3) is 2.36. The molecule has 1 saturated heterocycles. The predicted octanol–water partition coefficient (Wildman–Crippen LogP) is 1.55. The van der Waals surface area contributed by atoms with Crippen molar-refractivity contribution in [1.29, 1.82) is 5.26 Å². The van der Waals surface area contributed by atoms with Crippen LogP contribution in [0.25, 0.3) is 0 Å². The zero-order valence-corrected chi connectivity index (χ0v) is 7.01. The van der Waals surface area contributed by atoms with Crippen molar-refractivity contribution in [1.82, 2.24) is 4.90 Å². The lowest BCUT2D eigenvalue weighted by molar-refractivity contribution is 0.372. The molecule has 0 aromatic heterocycles. The van der Waals surface area contributed by atoms with E-state index in [4.69, 9.17) is 5.26 Å². The smallest absolute Gasteiger partial charge is 0.0957 e. The third-order valence-corrected chi connectivity index (χ3v) is 2.08. The zero-order chi connectivity index (χ0) is 8.10. The summed E-state index contributed by atoms with van der Waals surface area (Å²) in [4.78, 5) is 2.33. The highest BCUT2D eigenvalue weighted by molar-refractivity contribution is 5.21. The van der Waals surface area contributed by atoms with Gasteiger partial charge in [-0.1, -0.05) is 6.08 Å². The molecular weight excluding hydrogens is 136 g/mol. The van der Waals surface area contributed by atoms with Crippen molar-refractivity contribution in [3.05, 3.63) is 11.6 Å². The summed E-state index contributed by atoms with van der Waals surface area (Å²) in [5, 5.41) is 8.64. The van der Waals surface area contributed by atoms with Crippen molar-refractivity contribution in [3.63, 3.8) is 0 Å². The molecule has 2 nitrogen and oxygen atoms in total. The van der Waals surface area contributed by atoms with Gasteiger partial charge in [-0.15, -0.1) is 0 Å². The SMILES string of the molecule is C/C=C(/C#N)CN1CCCC1. The summed E-state index contributed by atoms with van der Waals surface area (Å²) >= 11 is 0. The Balaban J connectivity index is 2.35. The highest BCUT2D eigenvalue weighted by atomic mass is 15.1. The highest BCUT2D eigenvalue weighted by Gasteiger charge is 2.11. The van der Waals surface area contributed by atoms with Gasteiger partial charge in [-0.2, -0.15) is 5.26 Å². The lowest BCUT2D eigenvalue weighted by Gasteiger charge is -2.12. The van der Waals surface area contributed by atoms with E-state index >= 15 is 0 Å². The number of hydrogen-bond acceptors (Lipinski definition) is 2. The van der Waals surface area contributed by atoms with Gasteiger partial charge < -0.3 is 0 Å². The number of hydrogen-bond donors (Lipinski definition) is 0. The molecule has 0 saturated carbocycles. The van der Waals surface area contributed by atoms with Crippen LogP contribution in [0.4, 0.5) is 0 Å². The average molecular weight is 150 g/mol. The van der Waals surface area contributed by atoms with Gasteiger partial charge in [-0.05, 0) is 32.9 Å². The fourth-order valence-electron chi connectivity index (χ4n) is 1.37. The first-order valence-corrected chi connectivity index (χ1v) is 4.14. The molecular formula is C9H14N2. The van der Waals surface area contributed by atoms with E-state index in [0.29, 0.717) is 0 Å². The van der Waals surface area contributed by atoms with Crippen LogP contribution in [0.1, 0.15) is 19.8 Å². The second kappa shape index (κ2) is 4.15. The second-order valence-corrected chi connectivity index (χ2v) is 2.91. The second-order valence-electron chi connectivity index (χ2n) is 2.91. The number of rotatable bonds is 2. The summed E-state index contributed by atoms with van der Waals surface area (Å²) in [6, 6.07) is 2.20. The van der Waals surface area contributed by atoms with Crippen molar-refractivity contribution in [2.24, 2.45) is 0 Å². The molecule has 0 amide bonds. The first-order valence-electron chi connectivity index (χ1n) is 4.14. The van der Waals surface area contributed by atoms with Crippen LogP contribution in [-0.4, -0.2) is 24.5 Å². The topological polar surface area (TPSA) is 27.0 Å². The monoisotopic (exact) mass is 150 g/mol. The molecule has 11 heavy (non-hydrogen) atoms. The van der Waals surface area contributed by atoms with Gasteiger partial charge >= 0.3 is 0 Å². The number of likely N-dealkylation sites (tertiary alicyclic amines) is 1. The molecule has 0 bridgehead atoms. The van der Waals surface area contributed by atoms with Gasteiger partial charge in [0.05, 0.1) is 6.07 Å². The molecule has 0 radical (unpaired) electrons. The Hall–Kier alpha value is -0.810. The largest absolute Gasteiger partial charge is 0.298 e. The summed E-state index contributed by atoms with van der Waals surface area (Å²) in [6.45, 7) is 5.11. The van der Waals surface area contributed by atoms with E-state index in [2.05, 4.69) is 11.0 Å². The maximum absolute atomic E-state index is 8.64. The molecule has 0 atom stereocenters. The Morgan fingerprint density at radius 1 is 1.55 bits per heavy atom. The van der Waals surface area contributed by atoms with E-state index in [1.165, 1.54) is 25.9 Å². The molecule has 0 spiro atoms. The minimum Gasteiger partial charge on any atom is -0.298 e. The molecule has 0 aliphatic carbocycles. The molecule has 1 rings (SSSR count). The van der Waals surface area contributed by atoms with E-state index in [-0.39, 0.29) is 0 Å². The molecule has 1 aliphatic rings. The molecule has 0 aromatic carbocycles. The quantitative estimate of drug-likeness (QED) is 0.558. The summed E-state index contributed by atoms with van der Waals surface area (Å²) in [6.07, 6.45) is 4.49. The molecule has 0 aromatic rings. The van der Waals surface area contributed by atoms with Crippen molar-refractivity contribution >= 4 is 0 Å². The van der Waals surface area contributed by atoms with Gasteiger partial charge in [-0.25, -0.2) is 0 Å². The predicted molar refractivity (Wildman–Crippen MR) is 45.0 cm³/mol. The van der Waals surface area contributed by atoms with Crippen molar-refractivity contribution in [2.45, 2.75) is 19.8 Å². The molecule has 0 N–H and O–H groups in total. The van der Waals surface area contributed by atoms with Gasteiger partial charge in [0.15, 0.2) is 0 Å². The van der Waals surface area contributed by atoms with E-state index in [1.54, 1.807) is 0 Å². The normalized spacial score (nSPS) is 20.2. The van der Waals surface area contributed by atoms with E-state index in [0.717, 1.165) is 12.1 Å². The molecule has 60 valence electrons.